The molecule has 23 heavy (non-hydrogen) atoms. The van der Waals surface area contributed by atoms with E-state index in [9.17, 15) is 9.90 Å². The van der Waals surface area contributed by atoms with Gasteiger partial charge in [0, 0.05) is 11.6 Å². The van der Waals surface area contributed by atoms with Gasteiger partial charge in [-0.25, -0.2) is 4.79 Å². The van der Waals surface area contributed by atoms with Crippen molar-refractivity contribution in [3.63, 3.8) is 0 Å². The lowest BCUT2D eigenvalue weighted by Crippen LogP contribution is -2.07. The molecule has 0 atom stereocenters. The van der Waals surface area contributed by atoms with Crippen LogP contribution in [0.4, 0.5) is 0 Å². The number of hydrogen-bond acceptors (Lipinski definition) is 5. The summed E-state index contributed by atoms with van der Waals surface area (Å²) in [5.74, 6) is 0.731. The minimum Gasteiger partial charge on any atom is -0.508 e. The second-order valence-corrected chi connectivity index (χ2v) is 5.01. The molecule has 1 N–H and O–H groups in total. The fraction of sp³-hybridized carbons (Fsp3) is 0.278. The van der Waals surface area contributed by atoms with Crippen molar-refractivity contribution in [2.24, 2.45) is 0 Å². The van der Waals surface area contributed by atoms with Crippen LogP contribution >= 0.6 is 0 Å². The van der Waals surface area contributed by atoms with Crippen LogP contribution in [0.1, 0.15) is 21.5 Å². The molecular formula is C18H20O5. The van der Waals surface area contributed by atoms with Crippen molar-refractivity contribution in [1.29, 1.82) is 0 Å². The van der Waals surface area contributed by atoms with E-state index in [-0.39, 0.29) is 5.75 Å². The highest BCUT2D eigenvalue weighted by atomic mass is 16.5. The number of ether oxygens (including phenoxy) is 3. The molecule has 5 nitrogen and oxygen atoms in total. The highest BCUT2D eigenvalue weighted by molar-refractivity contribution is 5.92. The van der Waals surface area contributed by atoms with Gasteiger partial charge in [0.25, 0.3) is 0 Å². The number of aryl methyl sites for hydroxylation is 1. The highest BCUT2D eigenvalue weighted by Crippen LogP contribution is 2.29. The minimum absolute atomic E-state index is 0.0262. The van der Waals surface area contributed by atoms with E-state index in [1.807, 2.05) is 24.3 Å². The normalized spacial score (nSPS) is 10.2. The number of carbonyl (C=O) groups is 1. The minimum atomic E-state index is -0.496. The topological polar surface area (TPSA) is 65.0 Å². The van der Waals surface area contributed by atoms with Crippen molar-refractivity contribution in [1.82, 2.24) is 0 Å². The van der Waals surface area contributed by atoms with E-state index in [0.717, 1.165) is 11.3 Å². The fourth-order valence-electron chi connectivity index (χ4n) is 2.37. The zero-order chi connectivity index (χ0) is 16.8. The van der Waals surface area contributed by atoms with Gasteiger partial charge >= 0.3 is 5.97 Å². The van der Waals surface area contributed by atoms with E-state index in [0.29, 0.717) is 29.7 Å². The van der Waals surface area contributed by atoms with Gasteiger partial charge in [-0.2, -0.15) is 0 Å². The number of benzene rings is 2. The number of aromatic hydroxyl groups is 1. The molecule has 0 aliphatic carbocycles. The fourth-order valence-corrected chi connectivity index (χ4v) is 2.37. The van der Waals surface area contributed by atoms with Gasteiger partial charge in [-0.05, 0) is 36.6 Å². The van der Waals surface area contributed by atoms with Gasteiger partial charge in [-0.15, -0.1) is 0 Å². The quantitative estimate of drug-likeness (QED) is 0.830. The van der Waals surface area contributed by atoms with Crippen molar-refractivity contribution >= 4 is 5.97 Å². The molecule has 0 aromatic heterocycles. The van der Waals surface area contributed by atoms with Crippen LogP contribution in [-0.2, 0) is 17.6 Å². The zero-order valence-electron chi connectivity index (χ0n) is 13.5. The van der Waals surface area contributed by atoms with Crippen LogP contribution in [0.5, 0.6) is 17.2 Å². The second kappa shape index (κ2) is 7.54. The molecule has 0 radical (unpaired) electrons. The molecule has 0 aliphatic rings. The van der Waals surface area contributed by atoms with Gasteiger partial charge in [-0.3, -0.25) is 0 Å². The Morgan fingerprint density at radius 1 is 0.957 bits per heavy atom. The van der Waals surface area contributed by atoms with Gasteiger partial charge in [-0.1, -0.05) is 12.1 Å². The standard InChI is InChI=1S/C18H20O5/c1-21-13-7-4-12(5-8-13)6-9-15-16(18(20)23-3)10-14(22-2)11-17(15)19/h4-5,7-8,10-11,19H,6,9H2,1-3H3. The van der Waals surface area contributed by atoms with Crippen LogP contribution in [-0.4, -0.2) is 32.4 Å². The number of carbonyl (C=O) groups excluding carboxylic acids is 1. The second-order valence-electron chi connectivity index (χ2n) is 5.01. The molecule has 5 heteroatoms. The zero-order valence-corrected chi connectivity index (χ0v) is 13.5. The molecule has 2 aromatic rings. The largest absolute Gasteiger partial charge is 0.508 e. The van der Waals surface area contributed by atoms with E-state index in [1.54, 1.807) is 13.2 Å². The highest BCUT2D eigenvalue weighted by Gasteiger charge is 2.17. The van der Waals surface area contributed by atoms with Crippen LogP contribution < -0.4 is 9.47 Å². The smallest absolute Gasteiger partial charge is 0.338 e. The molecule has 2 rings (SSSR count). The molecule has 0 spiro atoms. The Labute approximate surface area is 135 Å². The Hall–Kier alpha value is -2.69. The van der Waals surface area contributed by atoms with Crippen molar-refractivity contribution < 1.29 is 24.1 Å². The third-order valence-electron chi connectivity index (χ3n) is 3.66. The molecule has 0 amide bonds. The van der Waals surface area contributed by atoms with Gasteiger partial charge in [0.1, 0.15) is 17.2 Å². The summed E-state index contributed by atoms with van der Waals surface area (Å²) in [6.45, 7) is 0. The Bertz CT molecular complexity index is 677. The van der Waals surface area contributed by atoms with Crippen LogP contribution in [0.3, 0.4) is 0 Å². The van der Waals surface area contributed by atoms with Crippen molar-refractivity contribution in [3.8, 4) is 17.2 Å². The molecule has 122 valence electrons. The van der Waals surface area contributed by atoms with E-state index in [2.05, 4.69) is 0 Å². The predicted octanol–water partition coefficient (Wildman–Crippen LogP) is 2.98. The predicted molar refractivity (Wildman–Crippen MR) is 86.4 cm³/mol. The number of hydrogen-bond donors (Lipinski definition) is 1. The molecule has 0 unspecified atom stereocenters. The lowest BCUT2D eigenvalue weighted by molar-refractivity contribution is 0.0598. The van der Waals surface area contributed by atoms with Gasteiger partial charge in [0.15, 0.2) is 0 Å². The van der Waals surface area contributed by atoms with E-state index >= 15 is 0 Å². The van der Waals surface area contributed by atoms with Crippen LogP contribution in [0, 0.1) is 0 Å². The molecule has 0 heterocycles. The van der Waals surface area contributed by atoms with Crippen molar-refractivity contribution in [2.45, 2.75) is 12.8 Å². The first-order valence-corrected chi connectivity index (χ1v) is 7.20. The Kier molecular flexibility index (Phi) is 5.46. The van der Waals surface area contributed by atoms with Gasteiger partial charge < -0.3 is 19.3 Å². The maximum Gasteiger partial charge on any atom is 0.338 e. The van der Waals surface area contributed by atoms with Gasteiger partial charge in [0.2, 0.25) is 0 Å². The summed E-state index contributed by atoms with van der Waals surface area (Å²) in [5, 5.41) is 10.2. The SMILES string of the molecule is COC(=O)c1cc(OC)cc(O)c1CCc1ccc(OC)cc1. The van der Waals surface area contributed by atoms with Crippen LogP contribution in [0.15, 0.2) is 36.4 Å². The molecule has 0 aliphatic heterocycles. The molecule has 2 aromatic carbocycles. The summed E-state index contributed by atoms with van der Waals surface area (Å²) < 4.78 is 15.0. The first kappa shape index (κ1) is 16.7. The number of methoxy groups -OCH3 is 3. The van der Waals surface area contributed by atoms with Crippen molar-refractivity contribution in [3.05, 3.63) is 53.1 Å². The lowest BCUT2D eigenvalue weighted by Gasteiger charge is -2.12. The summed E-state index contributed by atoms with van der Waals surface area (Å²) in [6.07, 6.45) is 1.18. The first-order chi connectivity index (χ1) is 11.1. The maximum atomic E-state index is 11.9. The third kappa shape index (κ3) is 3.94. The maximum absolute atomic E-state index is 11.9. The van der Waals surface area contributed by atoms with E-state index < -0.39 is 5.97 Å². The van der Waals surface area contributed by atoms with E-state index in [1.165, 1.54) is 20.3 Å². The number of phenols is 1. The number of phenolic OH excluding ortho intramolecular Hbond substituents is 1. The summed E-state index contributed by atoms with van der Waals surface area (Å²) in [5.41, 5.74) is 1.95. The molecule has 0 bridgehead atoms. The molecular weight excluding hydrogens is 296 g/mol. The molecule has 0 saturated carbocycles. The molecule has 0 saturated heterocycles. The number of esters is 1. The summed E-state index contributed by atoms with van der Waals surface area (Å²) in [4.78, 5) is 11.9. The number of rotatable bonds is 6. The molecule has 0 fully saturated rings. The van der Waals surface area contributed by atoms with Crippen LogP contribution in [0.25, 0.3) is 0 Å². The van der Waals surface area contributed by atoms with E-state index in [4.69, 9.17) is 14.2 Å². The summed E-state index contributed by atoms with van der Waals surface area (Å²) in [7, 11) is 4.41. The first-order valence-electron chi connectivity index (χ1n) is 7.20. The van der Waals surface area contributed by atoms with Crippen molar-refractivity contribution in [2.75, 3.05) is 21.3 Å². The Morgan fingerprint density at radius 3 is 2.17 bits per heavy atom. The summed E-state index contributed by atoms with van der Waals surface area (Å²) in [6, 6.07) is 10.7. The Balaban J connectivity index is 2.25. The average molecular weight is 316 g/mol. The third-order valence-corrected chi connectivity index (χ3v) is 3.66. The Morgan fingerprint density at radius 2 is 1.61 bits per heavy atom. The summed E-state index contributed by atoms with van der Waals surface area (Å²) >= 11 is 0. The monoisotopic (exact) mass is 316 g/mol. The average Bonchev–Trinajstić information content (AvgIpc) is 2.59. The van der Waals surface area contributed by atoms with Crippen LogP contribution in [0.2, 0.25) is 0 Å². The van der Waals surface area contributed by atoms with Gasteiger partial charge in [0.05, 0.1) is 26.9 Å². The lowest BCUT2D eigenvalue weighted by atomic mass is 9.98.